The average molecular weight is 382 g/mol. The van der Waals surface area contributed by atoms with Crippen LogP contribution in [0.5, 0.6) is 0 Å². The molecule has 0 spiro atoms. The van der Waals surface area contributed by atoms with Crippen LogP contribution in [-0.4, -0.2) is 95.1 Å². The average Bonchev–Trinajstić information content (AvgIpc) is 2.57. The topological polar surface area (TPSA) is 63.3 Å². The number of rotatable bonds is 16. The number of nitrogens with zero attached hydrogens (tertiary/aromatic N) is 2. The maximum absolute atomic E-state index is 12.0. The Balaban J connectivity index is 3.45. The highest BCUT2D eigenvalue weighted by atomic mass is 35.5. The molecule has 0 saturated carbocycles. The van der Waals surface area contributed by atoms with Gasteiger partial charge in [0.25, 0.3) is 0 Å². The van der Waals surface area contributed by atoms with Crippen LogP contribution in [-0.2, 0) is 19.0 Å². The number of carbonyl (C=O) groups is 1. The van der Waals surface area contributed by atoms with Gasteiger partial charge in [-0.2, -0.15) is 0 Å². The van der Waals surface area contributed by atoms with E-state index in [0.717, 1.165) is 13.0 Å². The second-order valence-electron chi connectivity index (χ2n) is 6.93. The van der Waals surface area contributed by atoms with Crippen LogP contribution in [0.15, 0.2) is 0 Å². The summed E-state index contributed by atoms with van der Waals surface area (Å²) in [7, 11) is 5.82. The van der Waals surface area contributed by atoms with Crippen molar-refractivity contribution in [2.24, 2.45) is 0 Å². The Morgan fingerprint density at radius 3 is 1.96 bits per heavy atom. The molecule has 0 bridgehead atoms. The molecule has 1 amide bonds. The first-order valence-electron chi connectivity index (χ1n) is 8.78. The molecule has 0 aliphatic heterocycles. The molecule has 150 valence electrons. The molecule has 0 radical (unpaired) electrons. The van der Waals surface area contributed by atoms with Gasteiger partial charge in [-0.05, 0) is 46.1 Å². The minimum absolute atomic E-state index is 0.0700. The minimum atomic E-state index is -0.194. The number of carbonyl (C=O) groups excluding carboxylic acids is 1. The summed E-state index contributed by atoms with van der Waals surface area (Å²) in [6.07, 6.45) is 1.16. The van der Waals surface area contributed by atoms with Crippen molar-refractivity contribution in [1.29, 1.82) is 0 Å². The summed E-state index contributed by atoms with van der Waals surface area (Å²) in [4.78, 5) is 18.5. The van der Waals surface area contributed by atoms with Crippen LogP contribution in [0.2, 0.25) is 0 Å². The monoisotopic (exact) mass is 381 g/mol. The number of hydrogen-bond acceptors (Lipinski definition) is 6. The molecule has 25 heavy (non-hydrogen) atoms. The SMILES string of the molecule is CN(C)CCOCCOCCOCCC(=O)N(C)CCC(C)(C)NCl. The van der Waals surface area contributed by atoms with Gasteiger partial charge in [-0.3, -0.25) is 4.79 Å². The van der Waals surface area contributed by atoms with E-state index in [1.807, 2.05) is 27.9 Å². The van der Waals surface area contributed by atoms with Crippen LogP contribution in [0.3, 0.4) is 0 Å². The minimum Gasteiger partial charge on any atom is -0.379 e. The van der Waals surface area contributed by atoms with E-state index < -0.39 is 0 Å². The van der Waals surface area contributed by atoms with Crippen molar-refractivity contribution in [2.75, 3.05) is 73.9 Å². The largest absolute Gasteiger partial charge is 0.379 e. The van der Waals surface area contributed by atoms with Gasteiger partial charge in [0.15, 0.2) is 0 Å². The van der Waals surface area contributed by atoms with Crippen molar-refractivity contribution in [3.63, 3.8) is 0 Å². The lowest BCUT2D eigenvalue weighted by Gasteiger charge is -2.26. The van der Waals surface area contributed by atoms with E-state index in [-0.39, 0.29) is 11.4 Å². The van der Waals surface area contributed by atoms with Gasteiger partial charge in [-0.25, -0.2) is 4.84 Å². The molecule has 7 nitrogen and oxygen atoms in total. The van der Waals surface area contributed by atoms with Crippen molar-refractivity contribution >= 4 is 17.7 Å². The van der Waals surface area contributed by atoms with Gasteiger partial charge in [-0.15, -0.1) is 0 Å². The molecule has 0 aromatic rings. The van der Waals surface area contributed by atoms with E-state index >= 15 is 0 Å². The molecule has 0 fully saturated rings. The third-order valence-electron chi connectivity index (χ3n) is 3.64. The molecular weight excluding hydrogens is 346 g/mol. The standard InChI is InChI=1S/C17H36ClN3O4/c1-17(2,19-18)7-8-21(5)16(22)6-10-23-12-14-25-15-13-24-11-9-20(3)4/h19H,6-15H2,1-5H3. The lowest BCUT2D eigenvalue weighted by atomic mass is 10.0. The van der Waals surface area contributed by atoms with E-state index in [1.165, 1.54) is 0 Å². The zero-order valence-electron chi connectivity index (χ0n) is 16.5. The predicted octanol–water partition coefficient (Wildman–Crippen LogP) is 1.36. The van der Waals surface area contributed by atoms with Gasteiger partial charge in [0.2, 0.25) is 5.91 Å². The van der Waals surface area contributed by atoms with Gasteiger partial charge in [0.1, 0.15) is 0 Å². The summed E-state index contributed by atoms with van der Waals surface area (Å²) in [5, 5.41) is 0. The molecule has 0 aliphatic rings. The Morgan fingerprint density at radius 1 is 0.920 bits per heavy atom. The second-order valence-corrected chi connectivity index (χ2v) is 7.12. The highest BCUT2D eigenvalue weighted by Gasteiger charge is 2.18. The van der Waals surface area contributed by atoms with Crippen molar-refractivity contribution in [2.45, 2.75) is 32.2 Å². The Hall–Kier alpha value is -0.440. The van der Waals surface area contributed by atoms with Crippen LogP contribution >= 0.6 is 11.8 Å². The molecule has 8 heteroatoms. The number of nitrogens with one attached hydrogen (secondary N) is 1. The van der Waals surface area contributed by atoms with Gasteiger partial charge in [0.05, 0.1) is 46.1 Å². The van der Waals surface area contributed by atoms with Crippen molar-refractivity contribution in [3.8, 4) is 0 Å². The molecule has 0 aliphatic carbocycles. The molecule has 0 aromatic heterocycles. The fourth-order valence-corrected chi connectivity index (χ4v) is 1.85. The fourth-order valence-electron chi connectivity index (χ4n) is 1.76. The lowest BCUT2D eigenvalue weighted by Crippen LogP contribution is -2.38. The number of halogens is 1. The Morgan fingerprint density at radius 2 is 1.44 bits per heavy atom. The van der Waals surface area contributed by atoms with Crippen molar-refractivity contribution in [1.82, 2.24) is 14.6 Å². The van der Waals surface area contributed by atoms with Crippen LogP contribution in [0.4, 0.5) is 0 Å². The van der Waals surface area contributed by atoms with E-state index in [4.69, 9.17) is 26.0 Å². The summed E-state index contributed by atoms with van der Waals surface area (Å²) in [6, 6.07) is 0. The summed E-state index contributed by atoms with van der Waals surface area (Å²) in [5.74, 6) is 0.0700. The number of ether oxygens (including phenoxy) is 3. The molecule has 0 aromatic carbocycles. The number of hydrogen-bond donors (Lipinski definition) is 1. The van der Waals surface area contributed by atoms with Gasteiger partial charge < -0.3 is 24.0 Å². The normalized spacial score (nSPS) is 12.0. The molecule has 0 saturated heterocycles. The molecule has 1 N–H and O–H groups in total. The predicted molar refractivity (Wildman–Crippen MR) is 101 cm³/mol. The lowest BCUT2D eigenvalue weighted by molar-refractivity contribution is -0.131. The van der Waals surface area contributed by atoms with Crippen LogP contribution in [0.1, 0.15) is 26.7 Å². The van der Waals surface area contributed by atoms with E-state index in [1.54, 1.807) is 11.9 Å². The van der Waals surface area contributed by atoms with Crippen molar-refractivity contribution < 1.29 is 19.0 Å². The van der Waals surface area contributed by atoms with Crippen LogP contribution in [0, 0.1) is 0 Å². The smallest absolute Gasteiger partial charge is 0.224 e. The number of amides is 1. The van der Waals surface area contributed by atoms with Gasteiger partial charge in [-0.1, -0.05) is 0 Å². The van der Waals surface area contributed by atoms with Crippen LogP contribution < -0.4 is 4.84 Å². The first-order chi connectivity index (χ1) is 11.8. The number of likely N-dealkylation sites (N-methyl/N-ethyl adjacent to an activating group) is 1. The van der Waals surface area contributed by atoms with Gasteiger partial charge >= 0.3 is 0 Å². The Kier molecular flexibility index (Phi) is 14.4. The maximum Gasteiger partial charge on any atom is 0.224 e. The van der Waals surface area contributed by atoms with Crippen molar-refractivity contribution in [3.05, 3.63) is 0 Å². The van der Waals surface area contributed by atoms with E-state index in [9.17, 15) is 4.79 Å². The zero-order chi connectivity index (χ0) is 19.1. The quantitative estimate of drug-likeness (QED) is 0.322. The molecule has 0 rings (SSSR count). The first kappa shape index (κ1) is 24.6. The van der Waals surface area contributed by atoms with Gasteiger partial charge in [0, 0.05) is 25.7 Å². The summed E-state index contributed by atoms with van der Waals surface area (Å²) in [6.45, 7) is 8.81. The van der Waals surface area contributed by atoms with Crippen LogP contribution in [0.25, 0.3) is 0 Å². The highest BCUT2D eigenvalue weighted by molar-refractivity contribution is 6.13. The summed E-state index contributed by atoms with van der Waals surface area (Å²) >= 11 is 5.65. The maximum atomic E-state index is 12.0. The Bertz CT molecular complexity index is 344. The summed E-state index contributed by atoms with van der Waals surface area (Å²) in [5.41, 5.74) is -0.194. The van der Waals surface area contributed by atoms with E-state index in [0.29, 0.717) is 52.6 Å². The Labute approximate surface area is 158 Å². The third-order valence-corrected chi connectivity index (χ3v) is 4.15. The third kappa shape index (κ3) is 15.5. The molecule has 0 unspecified atom stereocenters. The fraction of sp³-hybridized carbons (Fsp3) is 0.941. The molecule has 0 atom stereocenters. The second kappa shape index (κ2) is 14.7. The first-order valence-corrected chi connectivity index (χ1v) is 9.16. The highest BCUT2D eigenvalue weighted by Crippen LogP contribution is 2.10. The van der Waals surface area contributed by atoms with E-state index in [2.05, 4.69) is 9.74 Å². The molecular formula is C17H36ClN3O4. The molecule has 0 heterocycles. The summed E-state index contributed by atoms with van der Waals surface area (Å²) < 4.78 is 16.2. The zero-order valence-corrected chi connectivity index (χ0v) is 17.2.